The molecule has 1 aliphatic rings. The van der Waals surface area contributed by atoms with E-state index in [4.69, 9.17) is 0 Å². The smallest absolute Gasteiger partial charge is 0.133 e. The number of rotatable bonds is 5. The molecule has 0 saturated heterocycles. The van der Waals surface area contributed by atoms with Gasteiger partial charge in [-0.1, -0.05) is 13.8 Å². The first-order chi connectivity index (χ1) is 6.58. The highest BCUT2D eigenvalue weighted by Gasteiger charge is 2.22. The molecule has 1 N–H and O–H groups in total. The lowest BCUT2D eigenvalue weighted by molar-refractivity contribution is -0.120. The minimum Gasteiger partial charge on any atom is -0.393 e. The Labute approximate surface area is 86.7 Å². The van der Waals surface area contributed by atoms with Crippen LogP contribution in [0.25, 0.3) is 0 Å². The Morgan fingerprint density at radius 1 is 1.43 bits per heavy atom. The van der Waals surface area contributed by atoms with E-state index in [0.29, 0.717) is 17.6 Å². The van der Waals surface area contributed by atoms with Gasteiger partial charge in [-0.05, 0) is 37.5 Å². The third kappa shape index (κ3) is 4.23. The molecule has 82 valence electrons. The minimum absolute atomic E-state index is 0.0970. The Kier molecular flexibility index (Phi) is 4.59. The predicted molar refractivity (Wildman–Crippen MR) is 57.0 cm³/mol. The van der Waals surface area contributed by atoms with Crippen molar-refractivity contribution in [2.45, 2.75) is 58.5 Å². The van der Waals surface area contributed by atoms with Crippen LogP contribution in [0.3, 0.4) is 0 Å². The Bertz CT molecular complexity index is 187. The highest BCUT2D eigenvalue weighted by atomic mass is 16.3. The van der Waals surface area contributed by atoms with E-state index in [0.717, 1.165) is 38.5 Å². The molecular weight excluding hydrogens is 176 g/mol. The molecule has 0 radical (unpaired) electrons. The maximum Gasteiger partial charge on any atom is 0.133 e. The molecule has 0 aromatic rings. The van der Waals surface area contributed by atoms with Crippen LogP contribution in [0.2, 0.25) is 0 Å². The van der Waals surface area contributed by atoms with Gasteiger partial charge in [0.25, 0.3) is 0 Å². The van der Waals surface area contributed by atoms with Crippen LogP contribution >= 0.6 is 0 Å². The Hall–Kier alpha value is -0.370. The van der Waals surface area contributed by atoms with E-state index in [1.54, 1.807) is 0 Å². The van der Waals surface area contributed by atoms with Gasteiger partial charge in [0.1, 0.15) is 5.78 Å². The van der Waals surface area contributed by atoms with Crippen molar-refractivity contribution in [2.24, 2.45) is 11.8 Å². The van der Waals surface area contributed by atoms with Crippen LogP contribution in [0, 0.1) is 11.8 Å². The van der Waals surface area contributed by atoms with E-state index < -0.39 is 0 Å². The monoisotopic (exact) mass is 198 g/mol. The number of hydrogen-bond acceptors (Lipinski definition) is 2. The average Bonchev–Trinajstić information content (AvgIpc) is 2.47. The molecule has 1 aliphatic carbocycles. The largest absolute Gasteiger partial charge is 0.393 e. The summed E-state index contributed by atoms with van der Waals surface area (Å²) in [5, 5.41) is 9.33. The van der Waals surface area contributed by atoms with Crippen LogP contribution in [0.5, 0.6) is 0 Å². The van der Waals surface area contributed by atoms with Crippen LogP contribution < -0.4 is 0 Å². The number of ketones is 1. The Morgan fingerprint density at radius 2 is 2.14 bits per heavy atom. The highest BCUT2D eigenvalue weighted by molar-refractivity contribution is 5.78. The molecule has 2 heteroatoms. The molecule has 2 nitrogen and oxygen atoms in total. The molecule has 1 fully saturated rings. The van der Waals surface area contributed by atoms with Crippen molar-refractivity contribution in [1.82, 2.24) is 0 Å². The summed E-state index contributed by atoms with van der Waals surface area (Å²) in [4.78, 5) is 11.4. The van der Waals surface area contributed by atoms with Crippen molar-refractivity contribution >= 4 is 5.78 Å². The summed E-state index contributed by atoms with van der Waals surface area (Å²) in [5.41, 5.74) is 0. The number of aliphatic hydroxyl groups excluding tert-OH is 1. The second-order valence-electron chi connectivity index (χ2n) is 5.01. The van der Waals surface area contributed by atoms with Gasteiger partial charge in [0.05, 0.1) is 6.10 Å². The number of aliphatic hydroxyl groups is 1. The summed E-state index contributed by atoms with van der Waals surface area (Å²) < 4.78 is 0. The van der Waals surface area contributed by atoms with E-state index in [1.807, 2.05) is 0 Å². The standard InChI is InChI=1S/C12H22O2/c1-9(2)7-11(13)5-3-10-4-6-12(14)8-10/h9-10,12,14H,3-8H2,1-2H3. The van der Waals surface area contributed by atoms with Gasteiger partial charge in [0, 0.05) is 12.8 Å². The molecule has 2 unspecified atom stereocenters. The summed E-state index contributed by atoms with van der Waals surface area (Å²) in [6.45, 7) is 4.16. The van der Waals surface area contributed by atoms with Gasteiger partial charge in [0.2, 0.25) is 0 Å². The number of Topliss-reactive ketones (excluding diaryl/α,β-unsaturated/α-hetero) is 1. The summed E-state index contributed by atoms with van der Waals surface area (Å²) in [5.74, 6) is 1.47. The molecule has 0 spiro atoms. The fourth-order valence-corrected chi connectivity index (χ4v) is 2.23. The third-order valence-electron chi connectivity index (χ3n) is 2.98. The van der Waals surface area contributed by atoms with Crippen molar-refractivity contribution < 1.29 is 9.90 Å². The molecule has 14 heavy (non-hydrogen) atoms. The zero-order valence-electron chi connectivity index (χ0n) is 9.33. The lowest BCUT2D eigenvalue weighted by Crippen LogP contribution is -2.06. The summed E-state index contributed by atoms with van der Waals surface area (Å²) >= 11 is 0. The molecule has 0 heterocycles. The fourth-order valence-electron chi connectivity index (χ4n) is 2.23. The molecule has 0 aliphatic heterocycles. The zero-order valence-corrected chi connectivity index (χ0v) is 9.33. The van der Waals surface area contributed by atoms with Crippen LogP contribution in [0.4, 0.5) is 0 Å². The van der Waals surface area contributed by atoms with Gasteiger partial charge in [-0.3, -0.25) is 4.79 Å². The first kappa shape index (κ1) is 11.7. The first-order valence-electron chi connectivity index (χ1n) is 5.77. The van der Waals surface area contributed by atoms with Crippen molar-refractivity contribution in [3.8, 4) is 0 Å². The van der Waals surface area contributed by atoms with E-state index in [9.17, 15) is 9.90 Å². The molecule has 1 saturated carbocycles. The van der Waals surface area contributed by atoms with Gasteiger partial charge in [-0.25, -0.2) is 0 Å². The van der Waals surface area contributed by atoms with Gasteiger partial charge in [-0.15, -0.1) is 0 Å². The SMILES string of the molecule is CC(C)CC(=O)CCC1CCC(O)C1. The molecule has 0 aromatic carbocycles. The van der Waals surface area contributed by atoms with Crippen molar-refractivity contribution in [1.29, 1.82) is 0 Å². The molecular formula is C12H22O2. The normalized spacial score (nSPS) is 27.1. The van der Waals surface area contributed by atoms with Gasteiger partial charge in [-0.2, -0.15) is 0 Å². The molecule has 0 amide bonds. The third-order valence-corrected chi connectivity index (χ3v) is 2.98. The van der Waals surface area contributed by atoms with E-state index >= 15 is 0 Å². The maximum absolute atomic E-state index is 11.4. The molecule has 0 aromatic heterocycles. The second-order valence-corrected chi connectivity index (χ2v) is 5.01. The van der Waals surface area contributed by atoms with Gasteiger partial charge < -0.3 is 5.11 Å². The summed E-state index contributed by atoms with van der Waals surface area (Å²) in [7, 11) is 0. The summed E-state index contributed by atoms with van der Waals surface area (Å²) in [6, 6.07) is 0. The maximum atomic E-state index is 11.4. The quantitative estimate of drug-likeness (QED) is 0.737. The molecule has 2 atom stereocenters. The van der Waals surface area contributed by atoms with E-state index in [1.165, 1.54) is 0 Å². The van der Waals surface area contributed by atoms with Crippen LogP contribution in [-0.2, 0) is 4.79 Å². The van der Waals surface area contributed by atoms with Crippen molar-refractivity contribution in [3.63, 3.8) is 0 Å². The number of carbonyl (C=O) groups excluding carboxylic acids is 1. The lowest BCUT2D eigenvalue weighted by Gasteiger charge is -2.08. The molecule has 1 rings (SSSR count). The first-order valence-corrected chi connectivity index (χ1v) is 5.77. The number of hydrogen-bond donors (Lipinski definition) is 1. The van der Waals surface area contributed by atoms with E-state index in [-0.39, 0.29) is 6.10 Å². The van der Waals surface area contributed by atoms with Crippen LogP contribution in [0.15, 0.2) is 0 Å². The van der Waals surface area contributed by atoms with Crippen LogP contribution in [0.1, 0.15) is 52.4 Å². The van der Waals surface area contributed by atoms with Crippen molar-refractivity contribution in [2.75, 3.05) is 0 Å². The number of carbonyl (C=O) groups is 1. The predicted octanol–water partition coefficient (Wildman–Crippen LogP) is 2.54. The Morgan fingerprint density at radius 3 is 2.64 bits per heavy atom. The fraction of sp³-hybridized carbons (Fsp3) is 0.917. The zero-order chi connectivity index (χ0) is 10.6. The Balaban J connectivity index is 2.11. The van der Waals surface area contributed by atoms with Gasteiger partial charge >= 0.3 is 0 Å². The van der Waals surface area contributed by atoms with E-state index in [2.05, 4.69) is 13.8 Å². The minimum atomic E-state index is -0.0970. The molecule has 0 bridgehead atoms. The second kappa shape index (κ2) is 5.50. The highest BCUT2D eigenvalue weighted by Crippen LogP contribution is 2.29. The van der Waals surface area contributed by atoms with Crippen LogP contribution in [-0.4, -0.2) is 17.0 Å². The average molecular weight is 198 g/mol. The van der Waals surface area contributed by atoms with Gasteiger partial charge in [0.15, 0.2) is 0 Å². The van der Waals surface area contributed by atoms with Crippen molar-refractivity contribution in [3.05, 3.63) is 0 Å². The lowest BCUT2D eigenvalue weighted by atomic mass is 9.97. The topological polar surface area (TPSA) is 37.3 Å². The summed E-state index contributed by atoms with van der Waals surface area (Å²) in [6.07, 6.45) is 5.28.